The highest BCUT2D eigenvalue weighted by molar-refractivity contribution is 8.31. The second-order valence-corrected chi connectivity index (χ2v) is 4.68. The van der Waals surface area contributed by atoms with E-state index in [1.54, 1.807) is 0 Å². The topological polar surface area (TPSA) is 80.6 Å². The van der Waals surface area contributed by atoms with Gasteiger partial charge >= 0.3 is 5.97 Å². The molecular weight excluding hydrogens is 270 g/mol. The highest BCUT2D eigenvalue weighted by Crippen LogP contribution is 2.16. The normalized spacial score (nSPS) is 9.40. The van der Waals surface area contributed by atoms with Crippen LogP contribution in [0, 0.1) is 5.82 Å². The third kappa shape index (κ3) is 6.40. The molecule has 0 spiro atoms. The summed E-state index contributed by atoms with van der Waals surface area (Å²) in [4.78, 5) is 10.2. The van der Waals surface area contributed by atoms with Gasteiger partial charge in [-0.25, -0.2) is 9.18 Å². The van der Waals surface area contributed by atoms with E-state index in [0.717, 1.165) is 18.2 Å². The summed E-state index contributed by atoms with van der Waals surface area (Å²) < 4.78 is 21.4. The molecule has 0 amide bonds. The van der Waals surface area contributed by atoms with Crippen molar-refractivity contribution in [1.29, 1.82) is 0 Å². The number of hydrogen-bond acceptors (Lipinski definition) is 3. The summed E-state index contributed by atoms with van der Waals surface area (Å²) in [6, 6.07) is 2.84. The molecule has 2 N–H and O–H groups in total. The van der Waals surface area contributed by atoms with Gasteiger partial charge in [0.15, 0.2) is 42.5 Å². The van der Waals surface area contributed by atoms with Gasteiger partial charge < -0.3 is 14.8 Å². The van der Waals surface area contributed by atoms with Crippen LogP contribution in [0.25, 0.3) is 0 Å². The molecule has 1 rings (SSSR count). The zero-order valence-electron chi connectivity index (χ0n) is 6.99. The van der Waals surface area contributed by atoms with E-state index in [1.165, 1.54) is 0 Å². The lowest BCUT2D eigenvalue weighted by Crippen LogP contribution is -1.95. The van der Waals surface area contributed by atoms with Crippen LogP contribution >= 0.6 is 21.4 Å². The van der Waals surface area contributed by atoms with Crippen LogP contribution in [0.1, 0.15) is 10.4 Å². The Morgan fingerprint density at radius 3 is 2.27 bits per heavy atom. The maximum Gasteiger partial charge on any atom is 0.335 e. The number of rotatable bonds is 1. The van der Waals surface area contributed by atoms with Gasteiger partial charge in [-0.15, -0.1) is 0 Å². The molecule has 8 heteroatoms. The largest absolute Gasteiger partial charge is 0.582 e. The molecule has 0 saturated heterocycles. The fraction of sp³-hybridized carbons (Fsp3) is 0. The molecule has 84 valence electrons. The van der Waals surface area contributed by atoms with Crippen molar-refractivity contribution in [3.63, 3.8) is 0 Å². The van der Waals surface area contributed by atoms with Crippen LogP contribution in [0.3, 0.4) is 0 Å². The zero-order chi connectivity index (χ0) is 12.0. The molecule has 4 nitrogen and oxygen atoms in total. The summed E-state index contributed by atoms with van der Waals surface area (Å²) in [5, 5.41) is 17.1. The summed E-state index contributed by atoms with van der Waals surface area (Å²) in [5.74, 6) is -2.67. The van der Waals surface area contributed by atoms with E-state index in [2.05, 4.69) is 21.4 Å². The number of carboxylic acids is 1. The minimum atomic E-state index is -1.67. The Hall–Kier alpha value is -0.690. The van der Waals surface area contributed by atoms with Gasteiger partial charge in [-0.2, -0.15) is 0 Å². The fourth-order valence-electron chi connectivity index (χ4n) is 0.646. The molecule has 0 saturated carbocycles. The van der Waals surface area contributed by atoms with Crippen LogP contribution in [-0.4, -0.2) is 20.7 Å². The molecule has 0 aliphatic carbocycles. The highest BCUT2D eigenvalue weighted by Gasteiger charge is 2.05. The Bertz CT molecular complexity index is 345. The van der Waals surface area contributed by atoms with Crippen molar-refractivity contribution in [1.82, 2.24) is 0 Å². The molecular formula is C7H5Cl2FO4S. The number of hydrogen-bond donors (Lipinski definition) is 2. The molecule has 0 fully saturated rings. The number of aromatic hydroxyl groups is 1. The van der Waals surface area contributed by atoms with Gasteiger partial charge in [-0.1, -0.05) is 0 Å². The van der Waals surface area contributed by atoms with Gasteiger partial charge in [0.25, 0.3) is 0 Å². The van der Waals surface area contributed by atoms with E-state index >= 15 is 0 Å². The van der Waals surface area contributed by atoms with Crippen LogP contribution < -0.4 is 0 Å². The van der Waals surface area contributed by atoms with Crippen LogP contribution in [-0.2, 0) is 9.60 Å². The van der Waals surface area contributed by atoms with E-state index in [4.69, 9.17) is 14.8 Å². The lowest BCUT2D eigenvalue weighted by Gasteiger charge is -1.95. The smallest absolute Gasteiger partial charge is 0.335 e. The number of aromatic carboxylic acids is 1. The van der Waals surface area contributed by atoms with Crippen molar-refractivity contribution >= 4 is 36.9 Å². The first kappa shape index (κ1) is 14.3. The van der Waals surface area contributed by atoms with Gasteiger partial charge in [0.1, 0.15) is 0 Å². The first-order valence-electron chi connectivity index (χ1n) is 3.30. The minimum Gasteiger partial charge on any atom is -0.582 e. The number of halogens is 3. The number of benzene rings is 1. The van der Waals surface area contributed by atoms with Gasteiger partial charge in [-0.05, 0) is 18.2 Å². The predicted molar refractivity (Wildman–Crippen MR) is 54.9 cm³/mol. The van der Waals surface area contributed by atoms with Crippen molar-refractivity contribution in [2.45, 2.75) is 0 Å². The second-order valence-electron chi connectivity index (χ2n) is 2.16. The van der Waals surface area contributed by atoms with Crippen molar-refractivity contribution in [2.75, 3.05) is 0 Å². The average molecular weight is 275 g/mol. The number of carbonyl (C=O) groups is 1. The van der Waals surface area contributed by atoms with Gasteiger partial charge in [-0.3, -0.25) is 0 Å². The van der Waals surface area contributed by atoms with Crippen molar-refractivity contribution in [3.8, 4) is 5.75 Å². The van der Waals surface area contributed by atoms with E-state index in [0.29, 0.717) is 0 Å². The van der Waals surface area contributed by atoms with Crippen LogP contribution in [0.2, 0.25) is 0 Å². The van der Waals surface area contributed by atoms with Crippen molar-refractivity contribution < 1.29 is 24.0 Å². The fourth-order valence-corrected chi connectivity index (χ4v) is 0.646. The van der Waals surface area contributed by atoms with Gasteiger partial charge in [0.2, 0.25) is 0 Å². The first-order chi connectivity index (χ1) is 6.84. The second kappa shape index (κ2) is 6.73. The molecule has 0 heterocycles. The Morgan fingerprint density at radius 1 is 1.47 bits per heavy atom. The van der Waals surface area contributed by atoms with Crippen LogP contribution in [0.4, 0.5) is 4.39 Å². The molecule has 0 aromatic heterocycles. The Labute approximate surface area is 96.4 Å². The maximum atomic E-state index is 12.3. The lowest BCUT2D eigenvalue weighted by atomic mass is 10.2. The quantitative estimate of drug-likeness (QED) is 0.770. The zero-order valence-corrected chi connectivity index (χ0v) is 9.31. The molecule has 0 radical (unpaired) electrons. The summed E-state index contributed by atoms with van der Waals surface area (Å²) in [5.41, 5.74) is -0.135. The molecule has 15 heavy (non-hydrogen) atoms. The minimum absolute atomic E-state index is 0.135. The molecule has 0 unspecified atom stereocenters. The van der Waals surface area contributed by atoms with Crippen molar-refractivity contribution in [3.05, 3.63) is 29.6 Å². The standard InChI is InChI=1S/C7H5FO3.Cl2OS/c8-5-2-1-4(7(10)11)3-6(5)9;1-4(2)3/h1-3,9H,(H,10,11);. The highest BCUT2D eigenvalue weighted by atomic mass is 36.0. The van der Waals surface area contributed by atoms with Gasteiger partial charge in [0, 0.05) is 0 Å². The molecule has 0 bridgehead atoms. The third-order valence-electron chi connectivity index (χ3n) is 1.19. The molecule has 0 aliphatic heterocycles. The Morgan fingerprint density at radius 2 is 1.93 bits per heavy atom. The average Bonchev–Trinajstić information content (AvgIpc) is 2.08. The van der Waals surface area contributed by atoms with Gasteiger partial charge in [0.05, 0.1) is 5.56 Å². The predicted octanol–water partition coefficient (Wildman–Crippen LogP) is 2.27. The summed E-state index contributed by atoms with van der Waals surface area (Å²) in [7, 11) is 7.36. The van der Waals surface area contributed by atoms with Crippen LogP contribution in [0.15, 0.2) is 18.2 Å². The number of phenolic OH excluding ortho intramolecular Hbond substituents is 1. The maximum absolute atomic E-state index is 12.3. The Balaban J connectivity index is 0.000000423. The molecule has 1 aromatic rings. The Kier molecular flexibility index (Phi) is 6.42. The third-order valence-corrected chi connectivity index (χ3v) is 1.19. The van der Waals surface area contributed by atoms with E-state index in [-0.39, 0.29) is 5.56 Å². The van der Waals surface area contributed by atoms with Crippen molar-refractivity contribution in [2.24, 2.45) is 0 Å². The molecule has 1 aromatic carbocycles. The monoisotopic (exact) mass is 274 g/mol. The number of carboxylic acid groups (broad SMARTS) is 1. The summed E-state index contributed by atoms with van der Waals surface area (Å²) in [6.45, 7) is 0. The molecule has 0 atom stereocenters. The van der Waals surface area contributed by atoms with E-state index in [1.807, 2.05) is 0 Å². The summed E-state index contributed by atoms with van der Waals surface area (Å²) in [6.07, 6.45) is 0. The lowest BCUT2D eigenvalue weighted by molar-refractivity contribution is 0.0696. The molecule has 0 aliphatic rings. The SMILES string of the molecule is O=C(O)c1ccc(F)c(O)c1.[O-][S+](Cl)Cl. The van der Waals surface area contributed by atoms with E-state index in [9.17, 15) is 9.18 Å². The first-order valence-corrected chi connectivity index (χ1v) is 6.11. The van der Waals surface area contributed by atoms with Crippen LogP contribution in [0.5, 0.6) is 5.75 Å². The van der Waals surface area contributed by atoms with E-state index < -0.39 is 27.1 Å². The number of phenols is 1. The summed E-state index contributed by atoms with van der Waals surface area (Å²) >= 11 is 0.